The van der Waals surface area contributed by atoms with Crippen LogP contribution in [0.5, 0.6) is 34.5 Å². The lowest BCUT2D eigenvalue weighted by Gasteiger charge is -2.19. The van der Waals surface area contributed by atoms with Gasteiger partial charge < -0.3 is 38.6 Å². The Morgan fingerprint density at radius 1 is 0.500 bits per heavy atom. The van der Waals surface area contributed by atoms with E-state index >= 15 is 0 Å². The lowest BCUT2D eigenvalue weighted by molar-refractivity contribution is 0.199. The third kappa shape index (κ3) is 5.84. The summed E-state index contributed by atoms with van der Waals surface area (Å²) in [6.07, 6.45) is 0. The molecule has 0 aromatic heterocycles. The normalized spacial score (nSPS) is 10.5. The molecule has 0 aliphatic heterocycles. The van der Waals surface area contributed by atoms with E-state index in [0.29, 0.717) is 45.6 Å². The average molecular weight is 471 g/mol. The van der Waals surface area contributed by atoms with E-state index in [-0.39, 0.29) is 26.4 Å². The number of hydrogen-bond acceptors (Lipinski definition) is 8. The van der Waals surface area contributed by atoms with Crippen molar-refractivity contribution >= 4 is 0 Å². The Morgan fingerprint density at radius 2 is 0.824 bits per heavy atom. The molecule has 0 atom stereocenters. The van der Waals surface area contributed by atoms with E-state index in [9.17, 15) is 10.2 Å². The van der Waals surface area contributed by atoms with Crippen LogP contribution in [0.25, 0.3) is 22.3 Å². The first-order valence-corrected chi connectivity index (χ1v) is 10.7. The highest BCUT2D eigenvalue weighted by molar-refractivity contribution is 5.83. The van der Waals surface area contributed by atoms with Gasteiger partial charge in [0.05, 0.1) is 41.7 Å². The van der Waals surface area contributed by atoms with Crippen LogP contribution in [-0.4, -0.2) is 65.1 Å². The summed E-state index contributed by atoms with van der Waals surface area (Å²) in [5.74, 6) is 3.50. The largest absolute Gasteiger partial charge is 0.497 e. The van der Waals surface area contributed by atoms with Gasteiger partial charge in [0.2, 0.25) is 0 Å². The molecule has 0 saturated carbocycles. The number of aliphatic hydroxyl groups excluding tert-OH is 2. The maximum Gasteiger partial charge on any atom is 0.128 e. The van der Waals surface area contributed by atoms with Crippen molar-refractivity contribution in [1.29, 1.82) is 0 Å². The van der Waals surface area contributed by atoms with E-state index in [2.05, 4.69) is 0 Å². The van der Waals surface area contributed by atoms with E-state index in [1.165, 1.54) is 0 Å². The molecule has 0 unspecified atom stereocenters. The van der Waals surface area contributed by atoms with Gasteiger partial charge in [-0.3, -0.25) is 0 Å². The van der Waals surface area contributed by atoms with Crippen LogP contribution in [0.3, 0.4) is 0 Å². The molecule has 0 fully saturated rings. The molecule has 3 aromatic rings. The zero-order chi connectivity index (χ0) is 24.5. The van der Waals surface area contributed by atoms with Gasteiger partial charge >= 0.3 is 0 Å². The average Bonchev–Trinajstić information content (AvgIpc) is 2.89. The van der Waals surface area contributed by atoms with Crippen LogP contribution < -0.4 is 28.4 Å². The van der Waals surface area contributed by atoms with Gasteiger partial charge in [0, 0.05) is 23.3 Å². The van der Waals surface area contributed by atoms with Crippen molar-refractivity contribution in [3.05, 3.63) is 48.5 Å². The van der Waals surface area contributed by atoms with E-state index in [1.807, 2.05) is 36.4 Å². The second-order valence-electron chi connectivity index (χ2n) is 7.19. The number of methoxy groups -OCH3 is 4. The van der Waals surface area contributed by atoms with Crippen molar-refractivity contribution in [1.82, 2.24) is 0 Å². The van der Waals surface area contributed by atoms with Crippen molar-refractivity contribution in [3.63, 3.8) is 0 Å². The Hall–Kier alpha value is -3.62. The summed E-state index contributed by atoms with van der Waals surface area (Å²) in [6, 6.07) is 14.6. The van der Waals surface area contributed by atoms with Crippen LogP contribution in [0.2, 0.25) is 0 Å². The highest BCUT2D eigenvalue weighted by Crippen LogP contribution is 2.44. The molecule has 8 heteroatoms. The Kier molecular flexibility index (Phi) is 8.84. The third-order valence-electron chi connectivity index (χ3n) is 5.10. The lowest BCUT2D eigenvalue weighted by Crippen LogP contribution is -2.06. The van der Waals surface area contributed by atoms with Crippen LogP contribution in [0.1, 0.15) is 0 Å². The Balaban J connectivity index is 2.26. The molecule has 0 spiro atoms. The minimum Gasteiger partial charge on any atom is -0.497 e. The highest BCUT2D eigenvalue weighted by Gasteiger charge is 2.18. The minimum absolute atomic E-state index is 0.103. The van der Waals surface area contributed by atoms with Gasteiger partial charge in [-0.05, 0) is 47.5 Å². The maximum atomic E-state index is 9.40. The molecule has 3 rings (SSSR count). The van der Waals surface area contributed by atoms with Gasteiger partial charge in [-0.25, -0.2) is 0 Å². The molecule has 2 N–H and O–H groups in total. The van der Waals surface area contributed by atoms with E-state index in [0.717, 1.165) is 11.1 Å². The quantitative estimate of drug-likeness (QED) is 0.413. The Morgan fingerprint density at radius 3 is 1.09 bits per heavy atom. The fourth-order valence-corrected chi connectivity index (χ4v) is 3.49. The molecule has 3 aromatic carbocycles. The highest BCUT2D eigenvalue weighted by atomic mass is 16.5. The summed E-state index contributed by atoms with van der Waals surface area (Å²) in [7, 11) is 6.32. The summed E-state index contributed by atoms with van der Waals surface area (Å²) in [5, 5.41) is 18.8. The van der Waals surface area contributed by atoms with Crippen molar-refractivity contribution in [2.45, 2.75) is 0 Å². The van der Waals surface area contributed by atoms with Crippen LogP contribution in [-0.2, 0) is 0 Å². The molecule has 0 radical (unpaired) electrons. The monoisotopic (exact) mass is 470 g/mol. The first kappa shape index (κ1) is 25.0. The van der Waals surface area contributed by atoms with Crippen LogP contribution in [0.15, 0.2) is 48.5 Å². The number of benzene rings is 3. The molecule has 0 aliphatic carbocycles. The topological polar surface area (TPSA) is 95.8 Å². The van der Waals surface area contributed by atoms with E-state index in [1.54, 1.807) is 40.6 Å². The summed E-state index contributed by atoms with van der Waals surface area (Å²) < 4.78 is 33.6. The molecule has 0 aliphatic rings. The zero-order valence-corrected chi connectivity index (χ0v) is 19.8. The minimum atomic E-state index is -0.147. The molecule has 0 bridgehead atoms. The van der Waals surface area contributed by atoms with E-state index in [4.69, 9.17) is 28.4 Å². The number of rotatable bonds is 12. The SMILES string of the molecule is COc1cc(OC)cc(-c2cc(OCCO)c(-c3cc(OC)cc(OC)c3)cc2OCCO)c1. The first-order chi connectivity index (χ1) is 16.6. The van der Waals surface area contributed by atoms with Crippen molar-refractivity contribution in [3.8, 4) is 56.8 Å². The second-order valence-corrected chi connectivity index (χ2v) is 7.19. The fraction of sp³-hybridized carbons (Fsp3) is 0.308. The van der Waals surface area contributed by atoms with Crippen LogP contribution in [0, 0.1) is 0 Å². The predicted molar refractivity (Wildman–Crippen MR) is 129 cm³/mol. The van der Waals surface area contributed by atoms with Gasteiger partial charge in [0.15, 0.2) is 0 Å². The van der Waals surface area contributed by atoms with Gasteiger partial charge in [-0.15, -0.1) is 0 Å². The van der Waals surface area contributed by atoms with Crippen molar-refractivity contribution in [2.75, 3.05) is 54.9 Å². The summed E-state index contributed by atoms with van der Waals surface area (Å²) in [5.41, 5.74) is 2.95. The molecule has 0 saturated heterocycles. The smallest absolute Gasteiger partial charge is 0.128 e. The summed E-state index contributed by atoms with van der Waals surface area (Å²) in [4.78, 5) is 0. The maximum absolute atomic E-state index is 9.40. The number of aliphatic hydroxyl groups is 2. The fourth-order valence-electron chi connectivity index (χ4n) is 3.49. The zero-order valence-electron chi connectivity index (χ0n) is 19.8. The molecule has 0 amide bonds. The Labute approximate surface area is 199 Å². The predicted octanol–water partition coefficient (Wildman–Crippen LogP) is 3.80. The number of ether oxygens (including phenoxy) is 6. The second kappa shape index (κ2) is 12.0. The molecular formula is C26H30O8. The van der Waals surface area contributed by atoms with Crippen molar-refractivity contribution in [2.24, 2.45) is 0 Å². The molecule has 0 heterocycles. The molecule has 8 nitrogen and oxygen atoms in total. The van der Waals surface area contributed by atoms with Crippen LogP contribution in [0.4, 0.5) is 0 Å². The first-order valence-electron chi connectivity index (χ1n) is 10.7. The molecule has 182 valence electrons. The van der Waals surface area contributed by atoms with Crippen molar-refractivity contribution < 1.29 is 38.6 Å². The Bertz CT molecular complexity index is 965. The van der Waals surface area contributed by atoms with Gasteiger partial charge in [-0.2, -0.15) is 0 Å². The van der Waals surface area contributed by atoms with Gasteiger partial charge in [0.25, 0.3) is 0 Å². The standard InChI is InChI=1S/C26H30O8/c1-29-19-9-17(10-20(13-19)30-2)23-15-26(34-8-6-28)24(16-25(23)33-7-5-27)18-11-21(31-3)14-22(12-18)32-4/h9-16,27-28H,5-8H2,1-4H3. The third-order valence-corrected chi connectivity index (χ3v) is 5.10. The summed E-state index contributed by atoms with van der Waals surface area (Å²) in [6.45, 7) is -0.0878. The summed E-state index contributed by atoms with van der Waals surface area (Å²) >= 11 is 0. The molecule has 34 heavy (non-hydrogen) atoms. The van der Waals surface area contributed by atoms with E-state index < -0.39 is 0 Å². The molecular weight excluding hydrogens is 440 g/mol. The van der Waals surface area contributed by atoms with Gasteiger partial charge in [0.1, 0.15) is 47.7 Å². The lowest BCUT2D eigenvalue weighted by atomic mass is 9.97. The number of hydrogen-bond donors (Lipinski definition) is 2. The van der Waals surface area contributed by atoms with Gasteiger partial charge in [-0.1, -0.05) is 0 Å². The van der Waals surface area contributed by atoms with Crippen LogP contribution >= 0.6 is 0 Å².